The van der Waals surface area contributed by atoms with Gasteiger partial charge in [0.15, 0.2) is 5.78 Å². The van der Waals surface area contributed by atoms with Crippen LogP contribution in [0.4, 0.5) is 0 Å². The molecule has 1 N–H and O–H groups in total. The SMILES string of the molecule is CCCc1c(OCCCCCCSC#N)ccc(C(C)=O)c1O. The normalized spacial score (nSPS) is 10.3. The second-order valence-electron chi connectivity index (χ2n) is 5.45. The number of Topliss-reactive ketones (excluding diaryl/α,β-unsaturated/α-hetero) is 1. The minimum Gasteiger partial charge on any atom is -0.507 e. The van der Waals surface area contributed by atoms with E-state index in [-0.39, 0.29) is 11.5 Å². The summed E-state index contributed by atoms with van der Waals surface area (Å²) in [5, 5.41) is 20.8. The van der Waals surface area contributed by atoms with Crippen molar-refractivity contribution in [2.75, 3.05) is 12.4 Å². The molecule has 0 spiro atoms. The molecular formula is C18H25NO3S. The van der Waals surface area contributed by atoms with Gasteiger partial charge in [-0.2, -0.15) is 5.26 Å². The van der Waals surface area contributed by atoms with Gasteiger partial charge in [-0.1, -0.05) is 26.2 Å². The number of aromatic hydroxyl groups is 1. The quantitative estimate of drug-likeness (QED) is 0.360. The second kappa shape index (κ2) is 11.0. The van der Waals surface area contributed by atoms with Crippen molar-refractivity contribution in [3.05, 3.63) is 23.3 Å². The third kappa shape index (κ3) is 6.54. The van der Waals surface area contributed by atoms with Gasteiger partial charge in [0.2, 0.25) is 0 Å². The Hall–Kier alpha value is -1.67. The van der Waals surface area contributed by atoms with Crippen molar-refractivity contribution in [1.29, 1.82) is 5.26 Å². The fraction of sp³-hybridized carbons (Fsp3) is 0.556. The Morgan fingerprint density at radius 2 is 2.04 bits per heavy atom. The van der Waals surface area contributed by atoms with E-state index in [1.807, 2.05) is 6.92 Å². The highest BCUT2D eigenvalue weighted by atomic mass is 32.2. The van der Waals surface area contributed by atoms with E-state index in [0.717, 1.165) is 43.4 Å². The number of carbonyl (C=O) groups is 1. The molecule has 5 heteroatoms. The number of nitriles is 1. The molecular weight excluding hydrogens is 310 g/mol. The number of ketones is 1. The summed E-state index contributed by atoms with van der Waals surface area (Å²) in [6.45, 7) is 4.08. The standard InChI is InChI=1S/C18H25NO3S/c1-3-8-16-17(10-9-15(14(2)20)18(16)21)22-11-6-4-5-7-12-23-13-19/h9-10,21H,3-8,11-12H2,1-2H3. The highest BCUT2D eigenvalue weighted by molar-refractivity contribution is 8.03. The summed E-state index contributed by atoms with van der Waals surface area (Å²) in [5.41, 5.74) is 1.08. The molecule has 0 radical (unpaired) electrons. The fourth-order valence-electron chi connectivity index (χ4n) is 2.39. The third-order valence-corrected chi connectivity index (χ3v) is 4.20. The molecule has 1 rings (SSSR count). The number of rotatable bonds is 11. The summed E-state index contributed by atoms with van der Waals surface area (Å²) in [4.78, 5) is 11.5. The van der Waals surface area contributed by atoms with Crippen LogP contribution in [0.1, 0.15) is 61.9 Å². The van der Waals surface area contributed by atoms with Gasteiger partial charge in [0.1, 0.15) is 16.9 Å². The Balaban J connectivity index is 2.51. The number of thioether (sulfide) groups is 1. The summed E-state index contributed by atoms with van der Waals surface area (Å²) in [7, 11) is 0. The summed E-state index contributed by atoms with van der Waals surface area (Å²) in [6, 6.07) is 3.41. The number of phenolic OH excluding ortho intramolecular Hbond substituents is 1. The molecule has 0 aliphatic rings. The Kier molecular flexibility index (Phi) is 9.23. The first-order chi connectivity index (χ1) is 11.1. The second-order valence-corrected chi connectivity index (χ2v) is 6.33. The van der Waals surface area contributed by atoms with Crippen LogP contribution in [-0.4, -0.2) is 23.2 Å². The molecule has 126 valence electrons. The average Bonchev–Trinajstić information content (AvgIpc) is 2.52. The number of hydrogen-bond donors (Lipinski definition) is 1. The molecule has 1 aromatic carbocycles. The zero-order valence-corrected chi connectivity index (χ0v) is 14.7. The Labute approximate surface area is 142 Å². The van der Waals surface area contributed by atoms with Crippen LogP contribution in [0.2, 0.25) is 0 Å². The first-order valence-corrected chi connectivity index (χ1v) is 9.09. The monoisotopic (exact) mass is 335 g/mol. The molecule has 0 atom stereocenters. The molecule has 23 heavy (non-hydrogen) atoms. The number of phenols is 1. The highest BCUT2D eigenvalue weighted by Crippen LogP contribution is 2.33. The van der Waals surface area contributed by atoms with Crippen LogP contribution in [0.5, 0.6) is 11.5 Å². The van der Waals surface area contributed by atoms with Crippen molar-refractivity contribution in [1.82, 2.24) is 0 Å². The maximum absolute atomic E-state index is 11.5. The number of benzene rings is 1. The van der Waals surface area contributed by atoms with Gasteiger partial charge in [0, 0.05) is 11.3 Å². The van der Waals surface area contributed by atoms with E-state index in [9.17, 15) is 9.90 Å². The van der Waals surface area contributed by atoms with Crippen molar-refractivity contribution in [2.24, 2.45) is 0 Å². The lowest BCUT2D eigenvalue weighted by Crippen LogP contribution is -2.03. The lowest BCUT2D eigenvalue weighted by atomic mass is 10.0. The van der Waals surface area contributed by atoms with E-state index < -0.39 is 0 Å². The molecule has 4 nitrogen and oxygen atoms in total. The van der Waals surface area contributed by atoms with E-state index in [1.165, 1.54) is 18.7 Å². The molecule has 0 amide bonds. The molecule has 0 saturated carbocycles. The molecule has 0 aromatic heterocycles. The van der Waals surface area contributed by atoms with Gasteiger partial charge in [-0.3, -0.25) is 4.79 Å². The lowest BCUT2D eigenvalue weighted by Gasteiger charge is -2.14. The zero-order valence-electron chi connectivity index (χ0n) is 13.9. The summed E-state index contributed by atoms with van der Waals surface area (Å²) in [5.74, 6) is 1.49. The number of unbranched alkanes of at least 4 members (excludes halogenated alkanes) is 3. The van der Waals surface area contributed by atoms with E-state index in [0.29, 0.717) is 24.3 Å². The summed E-state index contributed by atoms with van der Waals surface area (Å²) >= 11 is 1.30. The van der Waals surface area contributed by atoms with Gasteiger partial charge in [-0.05, 0) is 50.1 Å². The molecule has 0 heterocycles. The number of carbonyl (C=O) groups excluding carboxylic acids is 1. The van der Waals surface area contributed by atoms with Crippen LogP contribution >= 0.6 is 11.8 Å². The summed E-state index contributed by atoms with van der Waals surface area (Å²) < 4.78 is 5.80. The Morgan fingerprint density at radius 3 is 2.70 bits per heavy atom. The number of hydrogen-bond acceptors (Lipinski definition) is 5. The molecule has 0 aliphatic carbocycles. The smallest absolute Gasteiger partial charge is 0.163 e. The van der Waals surface area contributed by atoms with E-state index >= 15 is 0 Å². The molecule has 1 aromatic rings. The van der Waals surface area contributed by atoms with Crippen molar-refractivity contribution in [2.45, 2.75) is 52.4 Å². The molecule has 0 unspecified atom stereocenters. The topological polar surface area (TPSA) is 70.3 Å². The predicted octanol–water partition coefficient (Wildman–Crippen LogP) is 4.70. The van der Waals surface area contributed by atoms with Gasteiger partial charge in [0.05, 0.1) is 12.2 Å². The minimum absolute atomic E-state index is 0.0605. The van der Waals surface area contributed by atoms with Crippen molar-refractivity contribution in [3.63, 3.8) is 0 Å². The van der Waals surface area contributed by atoms with Crippen molar-refractivity contribution in [3.8, 4) is 16.9 Å². The van der Waals surface area contributed by atoms with Crippen LogP contribution in [0.3, 0.4) is 0 Å². The molecule has 0 saturated heterocycles. The Bertz CT molecular complexity index is 552. The number of nitrogens with zero attached hydrogens (tertiary/aromatic N) is 1. The number of ether oxygens (including phenoxy) is 1. The van der Waals surface area contributed by atoms with Crippen LogP contribution in [-0.2, 0) is 6.42 Å². The van der Waals surface area contributed by atoms with Crippen LogP contribution in [0.25, 0.3) is 0 Å². The average molecular weight is 335 g/mol. The summed E-state index contributed by atoms with van der Waals surface area (Å²) in [6.07, 6.45) is 5.71. The Morgan fingerprint density at radius 1 is 1.30 bits per heavy atom. The van der Waals surface area contributed by atoms with Crippen LogP contribution in [0.15, 0.2) is 12.1 Å². The zero-order chi connectivity index (χ0) is 17.1. The third-order valence-electron chi connectivity index (χ3n) is 3.58. The van der Waals surface area contributed by atoms with Gasteiger partial charge in [-0.25, -0.2) is 0 Å². The first-order valence-electron chi connectivity index (χ1n) is 8.11. The van der Waals surface area contributed by atoms with Crippen LogP contribution < -0.4 is 4.74 Å². The molecule has 0 aliphatic heterocycles. The van der Waals surface area contributed by atoms with Gasteiger partial charge in [-0.15, -0.1) is 0 Å². The fourth-order valence-corrected chi connectivity index (χ4v) is 2.83. The van der Waals surface area contributed by atoms with Crippen LogP contribution in [0, 0.1) is 10.7 Å². The molecule has 0 fully saturated rings. The lowest BCUT2D eigenvalue weighted by molar-refractivity contribution is 0.101. The maximum Gasteiger partial charge on any atom is 0.163 e. The van der Waals surface area contributed by atoms with Crippen molar-refractivity contribution >= 4 is 17.5 Å². The largest absolute Gasteiger partial charge is 0.507 e. The van der Waals surface area contributed by atoms with E-state index in [4.69, 9.17) is 10.00 Å². The van der Waals surface area contributed by atoms with Gasteiger partial charge >= 0.3 is 0 Å². The predicted molar refractivity (Wildman–Crippen MR) is 94.1 cm³/mol. The maximum atomic E-state index is 11.5. The molecule has 0 bridgehead atoms. The number of thiocyanates is 1. The van der Waals surface area contributed by atoms with E-state index in [2.05, 4.69) is 5.40 Å². The highest BCUT2D eigenvalue weighted by Gasteiger charge is 2.15. The van der Waals surface area contributed by atoms with Crippen molar-refractivity contribution < 1.29 is 14.6 Å². The van der Waals surface area contributed by atoms with Gasteiger partial charge in [0.25, 0.3) is 0 Å². The van der Waals surface area contributed by atoms with Gasteiger partial charge < -0.3 is 9.84 Å². The first kappa shape index (κ1) is 19.4. The minimum atomic E-state index is -0.137. The van der Waals surface area contributed by atoms with E-state index in [1.54, 1.807) is 12.1 Å².